The molecule has 1 fully saturated rings. The lowest BCUT2D eigenvalue weighted by molar-refractivity contribution is -0.384. The van der Waals surface area contributed by atoms with Crippen LogP contribution in [0.3, 0.4) is 0 Å². The first-order valence-electron chi connectivity index (χ1n) is 10.9. The van der Waals surface area contributed by atoms with Gasteiger partial charge in [-0.15, -0.1) is 0 Å². The predicted molar refractivity (Wildman–Crippen MR) is 136 cm³/mol. The van der Waals surface area contributed by atoms with Crippen LogP contribution in [-0.2, 0) is 4.79 Å². The third-order valence-corrected chi connectivity index (χ3v) is 6.10. The summed E-state index contributed by atoms with van der Waals surface area (Å²) in [5, 5.41) is 10.4. The number of esters is 1. The van der Waals surface area contributed by atoms with Crippen LogP contribution in [0.5, 0.6) is 17.2 Å². The number of hydrogen-bond donors (Lipinski definition) is 0. The van der Waals surface area contributed by atoms with Crippen molar-refractivity contribution in [2.75, 3.05) is 20.3 Å². The second kappa shape index (κ2) is 11.4. The second-order valence-corrected chi connectivity index (χ2v) is 8.59. The molecule has 3 aromatic carbocycles. The highest BCUT2D eigenvalue weighted by atomic mass is 32.2. The average molecular weight is 521 g/mol. The quantitative estimate of drug-likeness (QED) is 0.127. The van der Waals surface area contributed by atoms with Gasteiger partial charge in [0.05, 0.1) is 29.0 Å². The van der Waals surface area contributed by atoms with E-state index < -0.39 is 22.0 Å². The van der Waals surface area contributed by atoms with E-state index in [9.17, 15) is 24.5 Å². The van der Waals surface area contributed by atoms with Crippen molar-refractivity contribution in [3.63, 3.8) is 0 Å². The van der Waals surface area contributed by atoms with Gasteiger partial charge in [-0.25, -0.2) is 4.79 Å². The first kappa shape index (κ1) is 25.5. The Labute approximate surface area is 215 Å². The zero-order chi connectivity index (χ0) is 26.4. The minimum Gasteiger partial charge on any atom is -0.493 e. The molecule has 3 aromatic rings. The lowest BCUT2D eigenvalue weighted by Crippen LogP contribution is -2.32. The Morgan fingerprint density at radius 3 is 2.46 bits per heavy atom. The summed E-state index contributed by atoms with van der Waals surface area (Å²) in [6, 6.07) is 18.5. The summed E-state index contributed by atoms with van der Waals surface area (Å²) in [6.45, 7) is 0.159. The number of nitro benzene ring substituents is 1. The van der Waals surface area contributed by atoms with Gasteiger partial charge in [0.25, 0.3) is 16.8 Å². The van der Waals surface area contributed by atoms with Gasteiger partial charge in [-0.3, -0.25) is 24.6 Å². The number of amides is 2. The highest BCUT2D eigenvalue weighted by Gasteiger charge is 2.34. The summed E-state index contributed by atoms with van der Waals surface area (Å²) in [4.78, 5) is 49.2. The fraction of sp³-hybridized carbons (Fsp3) is 0.115. The molecule has 0 saturated carbocycles. The molecule has 0 bridgehead atoms. The molecule has 1 saturated heterocycles. The van der Waals surface area contributed by atoms with Gasteiger partial charge in [-0.1, -0.05) is 24.3 Å². The lowest BCUT2D eigenvalue weighted by Gasteiger charge is -2.14. The first-order chi connectivity index (χ1) is 17.9. The van der Waals surface area contributed by atoms with Gasteiger partial charge in [0.15, 0.2) is 11.5 Å². The number of carbonyl (C=O) groups is 3. The molecule has 0 N–H and O–H groups in total. The largest absolute Gasteiger partial charge is 0.493 e. The van der Waals surface area contributed by atoms with Crippen LogP contribution in [0.15, 0.2) is 77.7 Å². The molecule has 37 heavy (non-hydrogen) atoms. The van der Waals surface area contributed by atoms with E-state index in [0.29, 0.717) is 17.1 Å². The number of carbonyl (C=O) groups excluding carboxylic acids is 3. The van der Waals surface area contributed by atoms with E-state index in [2.05, 4.69) is 0 Å². The number of benzene rings is 3. The number of nitro groups is 1. The van der Waals surface area contributed by atoms with Gasteiger partial charge < -0.3 is 14.2 Å². The predicted octanol–water partition coefficient (Wildman–Crippen LogP) is 4.94. The molecule has 188 valence electrons. The summed E-state index contributed by atoms with van der Waals surface area (Å²) in [6.07, 6.45) is 1.54. The molecule has 2 amide bonds. The highest BCUT2D eigenvalue weighted by molar-refractivity contribution is 8.18. The SMILES string of the molecule is COc1ccccc1OCCN1C(=O)S/C(=C\c2cccc(OC(=O)c3ccc([N+](=O)[O-])cc3)c2)C1=O. The summed E-state index contributed by atoms with van der Waals surface area (Å²) < 4.78 is 16.2. The van der Waals surface area contributed by atoms with Crippen LogP contribution in [0.1, 0.15) is 15.9 Å². The van der Waals surface area contributed by atoms with Crippen LogP contribution in [-0.4, -0.2) is 47.2 Å². The zero-order valence-electron chi connectivity index (χ0n) is 19.5. The highest BCUT2D eigenvalue weighted by Crippen LogP contribution is 2.33. The van der Waals surface area contributed by atoms with E-state index in [0.717, 1.165) is 16.7 Å². The van der Waals surface area contributed by atoms with Crippen molar-refractivity contribution >= 4 is 40.6 Å². The molecule has 0 radical (unpaired) electrons. The van der Waals surface area contributed by atoms with Crippen LogP contribution >= 0.6 is 11.8 Å². The number of para-hydroxylation sites is 2. The summed E-state index contributed by atoms with van der Waals surface area (Å²) in [5.74, 6) is 0.120. The van der Waals surface area contributed by atoms with Crippen LogP contribution in [0.25, 0.3) is 6.08 Å². The van der Waals surface area contributed by atoms with Crippen molar-refractivity contribution in [3.8, 4) is 17.2 Å². The van der Waals surface area contributed by atoms with E-state index >= 15 is 0 Å². The van der Waals surface area contributed by atoms with E-state index in [1.807, 2.05) is 0 Å². The number of thioether (sulfide) groups is 1. The summed E-state index contributed by atoms with van der Waals surface area (Å²) >= 11 is 0.806. The molecule has 1 aliphatic rings. The molecule has 0 aromatic heterocycles. The Bertz CT molecular complexity index is 1390. The van der Waals surface area contributed by atoms with Crippen molar-refractivity contribution in [2.24, 2.45) is 0 Å². The summed E-state index contributed by atoms with van der Waals surface area (Å²) in [7, 11) is 1.52. The summed E-state index contributed by atoms with van der Waals surface area (Å²) in [5.41, 5.74) is 0.552. The minimum atomic E-state index is -0.692. The van der Waals surface area contributed by atoms with Crippen LogP contribution in [0.2, 0.25) is 0 Å². The van der Waals surface area contributed by atoms with Crippen LogP contribution in [0.4, 0.5) is 10.5 Å². The standard InChI is InChI=1S/C26H20N2O8S/c1-34-21-7-2-3-8-22(21)35-14-13-27-24(29)23(37-26(27)31)16-17-5-4-6-20(15-17)36-25(30)18-9-11-19(12-10-18)28(32)33/h2-12,15-16H,13-14H2,1H3/b23-16-. The number of non-ortho nitro benzene ring substituents is 1. The molecule has 10 nitrogen and oxygen atoms in total. The van der Waals surface area contributed by atoms with Crippen LogP contribution < -0.4 is 14.2 Å². The van der Waals surface area contributed by atoms with Crippen molar-refractivity contribution in [1.29, 1.82) is 0 Å². The van der Waals surface area contributed by atoms with Crippen molar-refractivity contribution in [2.45, 2.75) is 0 Å². The Morgan fingerprint density at radius 1 is 1.03 bits per heavy atom. The van der Waals surface area contributed by atoms with Gasteiger partial charge >= 0.3 is 5.97 Å². The van der Waals surface area contributed by atoms with Gasteiger partial charge in [0.2, 0.25) is 0 Å². The normalized spacial score (nSPS) is 14.1. The van der Waals surface area contributed by atoms with Gasteiger partial charge in [-0.05, 0) is 59.8 Å². The molecule has 0 unspecified atom stereocenters. The Hall–Kier alpha value is -4.64. The molecule has 0 spiro atoms. The van der Waals surface area contributed by atoms with Crippen molar-refractivity contribution < 1.29 is 33.5 Å². The number of methoxy groups -OCH3 is 1. The van der Waals surface area contributed by atoms with Gasteiger partial charge in [-0.2, -0.15) is 0 Å². The first-order valence-corrected chi connectivity index (χ1v) is 11.8. The van der Waals surface area contributed by atoms with Gasteiger partial charge in [0.1, 0.15) is 12.4 Å². The van der Waals surface area contributed by atoms with E-state index in [4.69, 9.17) is 14.2 Å². The maximum Gasteiger partial charge on any atom is 0.343 e. The molecule has 4 rings (SSSR count). The number of imide groups is 1. The monoisotopic (exact) mass is 520 g/mol. The third-order valence-electron chi connectivity index (χ3n) is 5.20. The molecular weight excluding hydrogens is 500 g/mol. The molecule has 0 atom stereocenters. The molecule has 0 aliphatic carbocycles. The smallest absolute Gasteiger partial charge is 0.343 e. The number of rotatable bonds is 9. The molecule has 1 aliphatic heterocycles. The number of nitrogens with zero attached hydrogens (tertiary/aromatic N) is 2. The Morgan fingerprint density at radius 2 is 1.76 bits per heavy atom. The zero-order valence-corrected chi connectivity index (χ0v) is 20.3. The van der Waals surface area contributed by atoms with Crippen molar-refractivity contribution in [3.05, 3.63) is 98.9 Å². The van der Waals surface area contributed by atoms with E-state index in [1.165, 1.54) is 37.5 Å². The maximum atomic E-state index is 12.8. The molecule has 1 heterocycles. The van der Waals surface area contributed by atoms with E-state index in [-0.39, 0.29) is 35.1 Å². The topological polar surface area (TPSA) is 125 Å². The molecular formula is C26H20N2O8S. The average Bonchev–Trinajstić information content (AvgIpc) is 3.16. The number of ether oxygens (including phenoxy) is 3. The second-order valence-electron chi connectivity index (χ2n) is 7.60. The lowest BCUT2D eigenvalue weighted by atomic mass is 10.2. The minimum absolute atomic E-state index is 0.0624. The van der Waals surface area contributed by atoms with Crippen molar-refractivity contribution in [1.82, 2.24) is 4.90 Å². The molecule has 11 heteroatoms. The Balaban J connectivity index is 1.39. The number of hydrogen-bond acceptors (Lipinski definition) is 9. The van der Waals surface area contributed by atoms with Gasteiger partial charge in [0, 0.05) is 12.1 Å². The fourth-order valence-electron chi connectivity index (χ4n) is 3.38. The third kappa shape index (κ3) is 6.14. The van der Waals surface area contributed by atoms with Crippen LogP contribution in [0, 0.1) is 10.1 Å². The fourth-order valence-corrected chi connectivity index (χ4v) is 4.25. The Kier molecular flexibility index (Phi) is 7.84. The maximum absolute atomic E-state index is 12.8. The van der Waals surface area contributed by atoms with E-state index in [1.54, 1.807) is 48.5 Å².